The fourth-order valence-corrected chi connectivity index (χ4v) is 2.14. The Balaban J connectivity index is 1.56. The van der Waals surface area contributed by atoms with Gasteiger partial charge in [-0.25, -0.2) is 4.79 Å². The largest absolute Gasteiger partial charge is 0.360 e. The third kappa shape index (κ3) is 4.44. The maximum atomic E-state index is 11.9. The van der Waals surface area contributed by atoms with E-state index >= 15 is 0 Å². The number of aromatic nitrogens is 2. The van der Waals surface area contributed by atoms with Gasteiger partial charge in [0.2, 0.25) is 0 Å². The molecule has 0 bridgehead atoms. The first-order chi connectivity index (χ1) is 12.1. The summed E-state index contributed by atoms with van der Waals surface area (Å²) in [5, 5.41) is 12.2. The molecule has 0 radical (unpaired) electrons. The van der Waals surface area contributed by atoms with Crippen molar-refractivity contribution in [3.05, 3.63) is 72.8 Å². The predicted octanol–water partition coefficient (Wildman–Crippen LogP) is 4.10. The Labute approximate surface area is 144 Å². The molecule has 7 heteroatoms. The van der Waals surface area contributed by atoms with Crippen molar-refractivity contribution in [3.63, 3.8) is 0 Å². The van der Waals surface area contributed by atoms with Gasteiger partial charge in [-0.1, -0.05) is 11.7 Å². The summed E-state index contributed by atoms with van der Waals surface area (Å²) in [6, 6.07) is 12.3. The first kappa shape index (κ1) is 16.3. The van der Waals surface area contributed by atoms with Crippen LogP contribution in [0.1, 0.15) is 11.3 Å². The third-order valence-corrected chi connectivity index (χ3v) is 3.34. The van der Waals surface area contributed by atoms with Crippen LogP contribution >= 0.6 is 0 Å². The fourth-order valence-electron chi connectivity index (χ4n) is 2.14. The maximum Gasteiger partial charge on any atom is 0.324 e. The summed E-state index contributed by atoms with van der Waals surface area (Å²) in [5.41, 5.74) is 3.24. The van der Waals surface area contributed by atoms with Gasteiger partial charge in [0.05, 0.1) is 0 Å². The number of rotatable bonds is 5. The van der Waals surface area contributed by atoms with Crippen molar-refractivity contribution in [3.8, 4) is 0 Å². The highest BCUT2D eigenvalue weighted by molar-refractivity contribution is 5.99. The van der Waals surface area contributed by atoms with Crippen LogP contribution in [0.15, 0.2) is 66.0 Å². The predicted molar refractivity (Wildman–Crippen MR) is 97.2 cm³/mol. The minimum absolute atomic E-state index is 0.363. The Hall–Kier alpha value is -3.61. The number of nitrogens with one attached hydrogen (secondary N) is 3. The molecule has 0 aliphatic carbocycles. The van der Waals surface area contributed by atoms with E-state index in [1.165, 1.54) is 0 Å². The molecule has 0 fully saturated rings. The van der Waals surface area contributed by atoms with Gasteiger partial charge in [-0.05, 0) is 43.3 Å². The molecule has 3 rings (SSSR count). The fraction of sp³-hybridized carbons (Fsp3) is 0.0556. The average molecular weight is 335 g/mol. The average Bonchev–Trinajstić information content (AvgIpc) is 3.02. The SMILES string of the molecule is C=C(Nc1ccc(NC(=O)Nc2cc(C)on2)cc1)c1ccncc1. The summed E-state index contributed by atoms with van der Waals surface area (Å²) in [5.74, 6) is 0.988. The van der Waals surface area contributed by atoms with Gasteiger partial charge in [0, 0.05) is 41.1 Å². The van der Waals surface area contributed by atoms with E-state index in [0.29, 0.717) is 17.3 Å². The van der Waals surface area contributed by atoms with Crippen molar-refractivity contribution in [2.75, 3.05) is 16.0 Å². The molecule has 3 N–H and O–H groups in total. The van der Waals surface area contributed by atoms with Gasteiger partial charge in [0.1, 0.15) is 5.76 Å². The summed E-state index contributed by atoms with van der Waals surface area (Å²) in [4.78, 5) is 15.9. The number of aryl methyl sites for hydroxylation is 1. The van der Waals surface area contributed by atoms with Crippen LogP contribution in [0, 0.1) is 6.92 Å². The lowest BCUT2D eigenvalue weighted by molar-refractivity contribution is 0.262. The van der Waals surface area contributed by atoms with E-state index in [1.807, 2.05) is 24.3 Å². The Kier molecular flexibility index (Phi) is 4.75. The highest BCUT2D eigenvalue weighted by atomic mass is 16.5. The van der Waals surface area contributed by atoms with Crippen molar-refractivity contribution in [1.82, 2.24) is 10.1 Å². The lowest BCUT2D eigenvalue weighted by Gasteiger charge is -2.11. The molecule has 0 atom stereocenters. The van der Waals surface area contributed by atoms with Gasteiger partial charge in [0.15, 0.2) is 5.82 Å². The van der Waals surface area contributed by atoms with Crippen molar-refractivity contribution in [2.24, 2.45) is 0 Å². The number of anilines is 3. The van der Waals surface area contributed by atoms with Crippen molar-refractivity contribution >= 4 is 28.9 Å². The van der Waals surface area contributed by atoms with Gasteiger partial charge >= 0.3 is 6.03 Å². The van der Waals surface area contributed by atoms with Crippen LogP contribution in [0.3, 0.4) is 0 Å². The molecular formula is C18H17N5O2. The number of carbonyl (C=O) groups is 1. The number of benzene rings is 1. The molecule has 0 aliphatic heterocycles. The minimum atomic E-state index is -0.393. The zero-order valence-electron chi connectivity index (χ0n) is 13.6. The maximum absolute atomic E-state index is 11.9. The van der Waals surface area contributed by atoms with Gasteiger partial charge < -0.3 is 15.2 Å². The second kappa shape index (κ2) is 7.31. The van der Waals surface area contributed by atoms with E-state index in [9.17, 15) is 4.79 Å². The van der Waals surface area contributed by atoms with Crippen molar-refractivity contribution < 1.29 is 9.32 Å². The molecule has 7 nitrogen and oxygen atoms in total. The molecule has 0 unspecified atom stereocenters. The van der Waals surface area contributed by atoms with Crippen LogP contribution in [0.2, 0.25) is 0 Å². The zero-order valence-corrected chi connectivity index (χ0v) is 13.6. The zero-order chi connectivity index (χ0) is 17.6. The van der Waals surface area contributed by atoms with Crippen LogP contribution in [0.4, 0.5) is 22.0 Å². The first-order valence-corrected chi connectivity index (χ1v) is 7.58. The quantitative estimate of drug-likeness (QED) is 0.653. The highest BCUT2D eigenvalue weighted by Crippen LogP contribution is 2.19. The van der Waals surface area contributed by atoms with Crippen LogP contribution < -0.4 is 16.0 Å². The molecule has 0 saturated carbocycles. The third-order valence-electron chi connectivity index (χ3n) is 3.34. The number of nitrogens with zero attached hydrogens (tertiary/aromatic N) is 2. The molecule has 2 heterocycles. The number of carbonyl (C=O) groups excluding carboxylic acids is 1. The molecule has 0 saturated heterocycles. The summed E-state index contributed by atoms with van der Waals surface area (Å²) in [6.45, 7) is 5.76. The number of urea groups is 1. The highest BCUT2D eigenvalue weighted by Gasteiger charge is 2.06. The van der Waals surface area contributed by atoms with E-state index in [1.54, 1.807) is 37.5 Å². The molecular weight excluding hydrogens is 318 g/mol. The van der Waals surface area contributed by atoms with E-state index in [4.69, 9.17) is 4.52 Å². The molecule has 0 spiro atoms. The van der Waals surface area contributed by atoms with E-state index in [2.05, 4.69) is 32.7 Å². The topological polar surface area (TPSA) is 92.1 Å². The van der Waals surface area contributed by atoms with Crippen LogP contribution in [0.5, 0.6) is 0 Å². The van der Waals surface area contributed by atoms with Crippen molar-refractivity contribution in [1.29, 1.82) is 0 Å². The molecule has 25 heavy (non-hydrogen) atoms. The molecule has 3 aromatic rings. The lowest BCUT2D eigenvalue weighted by atomic mass is 10.2. The summed E-state index contributed by atoms with van der Waals surface area (Å²) >= 11 is 0. The Morgan fingerprint density at radius 1 is 1.00 bits per heavy atom. The van der Waals surface area contributed by atoms with Gasteiger partial charge in [-0.2, -0.15) is 0 Å². The minimum Gasteiger partial charge on any atom is -0.360 e. The molecule has 126 valence electrons. The van der Waals surface area contributed by atoms with Crippen LogP contribution in [-0.4, -0.2) is 16.2 Å². The lowest BCUT2D eigenvalue weighted by Crippen LogP contribution is -2.19. The van der Waals surface area contributed by atoms with Crippen LogP contribution in [0.25, 0.3) is 5.70 Å². The normalized spacial score (nSPS) is 10.1. The second-order valence-electron chi connectivity index (χ2n) is 5.32. The van der Waals surface area contributed by atoms with Crippen molar-refractivity contribution in [2.45, 2.75) is 6.92 Å². The number of amides is 2. The monoisotopic (exact) mass is 335 g/mol. The van der Waals surface area contributed by atoms with E-state index < -0.39 is 6.03 Å². The number of hydrogen-bond acceptors (Lipinski definition) is 5. The molecule has 2 amide bonds. The van der Waals surface area contributed by atoms with E-state index in [-0.39, 0.29) is 0 Å². The summed E-state index contributed by atoms with van der Waals surface area (Å²) in [6.07, 6.45) is 3.42. The van der Waals surface area contributed by atoms with Gasteiger partial charge in [-0.15, -0.1) is 0 Å². The summed E-state index contributed by atoms with van der Waals surface area (Å²) < 4.78 is 4.89. The first-order valence-electron chi connectivity index (χ1n) is 7.58. The molecule has 1 aromatic carbocycles. The van der Waals surface area contributed by atoms with Gasteiger partial charge in [0.25, 0.3) is 0 Å². The Morgan fingerprint density at radius 3 is 2.24 bits per heavy atom. The molecule has 0 aliphatic rings. The van der Waals surface area contributed by atoms with Gasteiger partial charge in [-0.3, -0.25) is 10.3 Å². The van der Waals surface area contributed by atoms with Crippen LogP contribution in [-0.2, 0) is 0 Å². The second-order valence-corrected chi connectivity index (χ2v) is 5.32. The summed E-state index contributed by atoms with van der Waals surface area (Å²) in [7, 11) is 0. The Bertz CT molecular complexity index is 872. The van der Waals surface area contributed by atoms with E-state index in [0.717, 1.165) is 16.9 Å². The Morgan fingerprint density at radius 2 is 1.64 bits per heavy atom. The smallest absolute Gasteiger partial charge is 0.324 e. The standard InChI is InChI=1S/C18H17N5O2/c1-12-11-17(23-25-12)22-18(24)21-16-5-3-15(4-6-16)20-13(2)14-7-9-19-10-8-14/h3-11,20H,2H2,1H3,(H2,21,22,23,24). The number of hydrogen-bond donors (Lipinski definition) is 3. The molecule has 2 aromatic heterocycles. The number of pyridine rings is 1.